The lowest BCUT2D eigenvalue weighted by molar-refractivity contribution is 1.14. The minimum Gasteiger partial charge on any atom is -0.332 e. The molecule has 2 aromatic rings. The summed E-state index contributed by atoms with van der Waals surface area (Å²) < 4.78 is 0. The summed E-state index contributed by atoms with van der Waals surface area (Å²) in [6.07, 6.45) is 1.01. The molecule has 0 spiro atoms. The third-order valence-electron chi connectivity index (χ3n) is 2.82. The third-order valence-corrected chi connectivity index (χ3v) is 3.84. The van der Waals surface area contributed by atoms with Gasteiger partial charge in [0, 0.05) is 5.69 Å². The van der Waals surface area contributed by atoms with Crippen molar-refractivity contribution in [3.63, 3.8) is 0 Å². The molecule has 0 aliphatic rings. The summed E-state index contributed by atoms with van der Waals surface area (Å²) in [5.41, 5.74) is 2.90. The van der Waals surface area contributed by atoms with E-state index in [4.69, 9.17) is 35.4 Å². The summed E-state index contributed by atoms with van der Waals surface area (Å²) in [5, 5.41) is 7.56. The zero-order valence-corrected chi connectivity index (χ0v) is 13.2. The molecule has 0 bridgehead atoms. The molecular formula is C15H14Cl2N2S. The standard InChI is InChI=1S/C15H14Cl2N2S/c1-2-10-6-8-11(9-7-10)18-15(20)19-13-5-3-4-12(16)14(13)17/h3-9H,2H2,1H3,(H2,18,19,20). The summed E-state index contributed by atoms with van der Waals surface area (Å²) in [5.74, 6) is 0. The average Bonchev–Trinajstić information content (AvgIpc) is 2.45. The fraction of sp³-hybridized carbons (Fsp3) is 0.133. The van der Waals surface area contributed by atoms with Crippen LogP contribution in [0, 0.1) is 0 Å². The van der Waals surface area contributed by atoms with E-state index in [0.717, 1.165) is 12.1 Å². The van der Waals surface area contributed by atoms with Gasteiger partial charge in [-0.15, -0.1) is 0 Å². The molecule has 0 fully saturated rings. The maximum absolute atomic E-state index is 6.10. The Bertz CT molecular complexity index is 612. The molecule has 2 rings (SSSR count). The Morgan fingerprint density at radius 1 is 1.05 bits per heavy atom. The number of hydrogen-bond donors (Lipinski definition) is 2. The van der Waals surface area contributed by atoms with Gasteiger partial charge < -0.3 is 10.6 Å². The van der Waals surface area contributed by atoms with E-state index in [1.54, 1.807) is 6.07 Å². The Hall–Kier alpha value is -1.29. The van der Waals surface area contributed by atoms with E-state index >= 15 is 0 Å². The van der Waals surface area contributed by atoms with Crippen LogP contribution in [0.3, 0.4) is 0 Å². The maximum atomic E-state index is 6.10. The highest BCUT2D eigenvalue weighted by molar-refractivity contribution is 7.80. The molecule has 0 aliphatic heterocycles. The normalized spacial score (nSPS) is 10.2. The van der Waals surface area contributed by atoms with Crippen molar-refractivity contribution >= 4 is 51.9 Å². The second-order valence-corrected chi connectivity index (χ2v) is 5.42. The molecule has 0 saturated heterocycles. The van der Waals surface area contributed by atoms with Crippen molar-refractivity contribution in [1.29, 1.82) is 0 Å². The van der Waals surface area contributed by atoms with E-state index in [-0.39, 0.29) is 0 Å². The summed E-state index contributed by atoms with van der Waals surface area (Å²) in [4.78, 5) is 0. The predicted octanol–water partition coefficient (Wildman–Crippen LogP) is 5.36. The summed E-state index contributed by atoms with van der Waals surface area (Å²) in [7, 11) is 0. The van der Waals surface area contributed by atoms with Gasteiger partial charge in [-0.25, -0.2) is 0 Å². The molecule has 20 heavy (non-hydrogen) atoms. The van der Waals surface area contributed by atoms with Gasteiger partial charge in [-0.2, -0.15) is 0 Å². The molecule has 0 amide bonds. The van der Waals surface area contributed by atoms with E-state index in [2.05, 4.69) is 29.7 Å². The quantitative estimate of drug-likeness (QED) is 0.742. The van der Waals surface area contributed by atoms with Crippen molar-refractivity contribution in [3.8, 4) is 0 Å². The molecule has 0 heterocycles. The first-order chi connectivity index (χ1) is 9.60. The molecule has 0 atom stereocenters. The molecular weight excluding hydrogens is 311 g/mol. The van der Waals surface area contributed by atoms with E-state index in [1.807, 2.05) is 24.3 Å². The fourth-order valence-corrected chi connectivity index (χ4v) is 2.28. The lowest BCUT2D eigenvalue weighted by atomic mass is 10.1. The van der Waals surface area contributed by atoms with Crippen molar-refractivity contribution in [2.24, 2.45) is 0 Å². The second-order valence-electron chi connectivity index (χ2n) is 4.23. The van der Waals surface area contributed by atoms with Crippen molar-refractivity contribution in [2.45, 2.75) is 13.3 Å². The SMILES string of the molecule is CCc1ccc(NC(=S)Nc2cccc(Cl)c2Cl)cc1. The Balaban J connectivity index is 2.03. The number of rotatable bonds is 3. The Morgan fingerprint density at radius 2 is 1.75 bits per heavy atom. The Morgan fingerprint density at radius 3 is 2.40 bits per heavy atom. The van der Waals surface area contributed by atoms with Crippen LogP contribution in [0.2, 0.25) is 10.0 Å². The molecule has 0 aromatic heterocycles. The monoisotopic (exact) mass is 324 g/mol. The summed E-state index contributed by atoms with van der Waals surface area (Å²) >= 11 is 17.3. The maximum Gasteiger partial charge on any atom is 0.175 e. The van der Waals surface area contributed by atoms with Crippen molar-refractivity contribution < 1.29 is 0 Å². The predicted molar refractivity (Wildman–Crippen MR) is 92.1 cm³/mol. The van der Waals surface area contributed by atoms with Gasteiger partial charge in [0.25, 0.3) is 0 Å². The fourth-order valence-electron chi connectivity index (χ4n) is 1.71. The topological polar surface area (TPSA) is 24.1 Å². The van der Waals surface area contributed by atoms with Crippen molar-refractivity contribution in [3.05, 3.63) is 58.1 Å². The first-order valence-corrected chi connectivity index (χ1v) is 7.37. The molecule has 2 nitrogen and oxygen atoms in total. The van der Waals surface area contributed by atoms with E-state index in [9.17, 15) is 0 Å². The first-order valence-electron chi connectivity index (χ1n) is 6.21. The summed E-state index contributed by atoms with van der Waals surface area (Å²) in [6.45, 7) is 2.12. The number of halogens is 2. The first kappa shape index (κ1) is 15.1. The van der Waals surface area contributed by atoms with Crippen LogP contribution in [0.25, 0.3) is 0 Å². The van der Waals surface area contributed by atoms with Crippen LogP contribution in [-0.2, 0) is 6.42 Å². The zero-order valence-electron chi connectivity index (χ0n) is 10.9. The lowest BCUT2D eigenvalue weighted by Crippen LogP contribution is -2.19. The van der Waals surface area contributed by atoms with Gasteiger partial charge in [0.05, 0.1) is 15.7 Å². The van der Waals surface area contributed by atoms with Crippen LogP contribution >= 0.6 is 35.4 Å². The number of benzene rings is 2. The van der Waals surface area contributed by atoms with Crippen LogP contribution in [0.1, 0.15) is 12.5 Å². The smallest absolute Gasteiger partial charge is 0.175 e. The van der Waals surface area contributed by atoms with Gasteiger partial charge >= 0.3 is 0 Å². The molecule has 104 valence electrons. The van der Waals surface area contributed by atoms with Gasteiger partial charge in [-0.1, -0.05) is 48.3 Å². The molecule has 2 aromatic carbocycles. The molecule has 0 radical (unpaired) electrons. The largest absolute Gasteiger partial charge is 0.332 e. The van der Waals surface area contributed by atoms with Crippen molar-refractivity contribution in [2.75, 3.05) is 10.6 Å². The van der Waals surface area contributed by atoms with Gasteiger partial charge in [0.2, 0.25) is 0 Å². The second kappa shape index (κ2) is 6.93. The molecule has 2 N–H and O–H groups in total. The van der Waals surface area contributed by atoms with Crippen LogP contribution in [0.4, 0.5) is 11.4 Å². The van der Waals surface area contributed by atoms with Crippen LogP contribution in [0.5, 0.6) is 0 Å². The number of hydrogen-bond acceptors (Lipinski definition) is 1. The van der Waals surface area contributed by atoms with E-state index in [1.165, 1.54) is 5.56 Å². The highest BCUT2D eigenvalue weighted by Gasteiger charge is 2.06. The van der Waals surface area contributed by atoms with Crippen LogP contribution in [-0.4, -0.2) is 5.11 Å². The third kappa shape index (κ3) is 3.85. The molecule has 0 saturated carbocycles. The van der Waals surface area contributed by atoms with Gasteiger partial charge in [0.15, 0.2) is 5.11 Å². The average molecular weight is 325 g/mol. The minimum atomic E-state index is 0.458. The lowest BCUT2D eigenvalue weighted by Gasteiger charge is -2.12. The highest BCUT2D eigenvalue weighted by atomic mass is 35.5. The van der Waals surface area contributed by atoms with Crippen molar-refractivity contribution in [1.82, 2.24) is 0 Å². The van der Waals surface area contributed by atoms with Gasteiger partial charge in [-0.05, 0) is 48.5 Å². The summed E-state index contributed by atoms with van der Waals surface area (Å²) in [6, 6.07) is 13.5. The zero-order chi connectivity index (χ0) is 14.5. The number of nitrogens with one attached hydrogen (secondary N) is 2. The van der Waals surface area contributed by atoms with Gasteiger partial charge in [-0.3, -0.25) is 0 Å². The highest BCUT2D eigenvalue weighted by Crippen LogP contribution is 2.29. The molecule has 0 aliphatic carbocycles. The van der Waals surface area contributed by atoms with E-state index in [0.29, 0.717) is 20.8 Å². The minimum absolute atomic E-state index is 0.458. The molecule has 5 heteroatoms. The molecule has 0 unspecified atom stereocenters. The number of aryl methyl sites for hydroxylation is 1. The van der Waals surface area contributed by atoms with E-state index < -0.39 is 0 Å². The van der Waals surface area contributed by atoms with Crippen LogP contribution < -0.4 is 10.6 Å². The number of anilines is 2. The Kier molecular flexibility index (Phi) is 5.24. The number of thiocarbonyl (C=S) groups is 1. The van der Waals surface area contributed by atoms with Crippen LogP contribution in [0.15, 0.2) is 42.5 Å². The van der Waals surface area contributed by atoms with Gasteiger partial charge in [0.1, 0.15) is 0 Å². The Labute approximate surface area is 134 Å².